The zero-order valence-corrected chi connectivity index (χ0v) is 4.48. The highest BCUT2D eigenvalue weighted by molar-refractivity contribution is 4.85. The lowest BCUT2D eigenvalue weighted by Gasteiger charge is -1.92. The Bertz CT molecular complexity index is 58.6. The van der Waals surface area contributed by atoms with Crippen molar-refractivity contribution in [1.29, 1.82) is 0 Å². The number of hydrogen-bond donors (Lipinski definition) is 1. The van der Waals surface area contributed by atoms with E-state index in [0.29, 0.717) is 0 Å². The van der Waals surface area contributed by atoms with Crippen LogP contribution in [0.25, 0.3) is 0 Å². The van der Waals surface area contributed by atoms with Crippen molar-refractivity contribution < 1.29 is 0 Å². The summed E-state index contributed by atoms with van der Waals surface area (Å²) in [4.78, 5) is 0. The van der Waals surface area contributed by atoms with Gasteiger partial charge in [0.2, 0.25) is 0 Å². The topological polar surface area (TPSA) is 12.0 Å². The first-order chi connectivity index (χ1) is 3.50. The summed E-state index contributed by atoms with van der Waals surface area (Å²) >= 11 is 0. The SMILES string of the molecule is C1=CCCNCC1. The van der Waals surface area contributed by atoms with Gasteiger partial charge in [-0.05, 0) is 25.9 Å². The average Bonchev–Trinajstić information content (AvgIpc) is 1.90. The molecule has 0 aromatic carbocycles. The van der Waals surface area contributed by atoms with E-state index in [4.69, 9.17) is 0 Å². The largest absolute Gasteiger partial charge is 0.316 e. The highest BCUT2D eigenvalue weighted by Gasteiger charge is 1.86. The Balaban J connectivity index is 2.20. The van der Waals surface area contributed by atoms with Crippen LogP contribution in [0, 0.1) is 0 Å². The summed E-state index contributed by atoms with van der Waals surface area (Å²) in [6.07, 6.45) is 6.89. The molecule has 1 N–H and O–H groups in total. The standard InChI is InChI=1S/C6H11N/c1-2-4-6-7-5-3-1/h1-2,7H,3-6H2. The first-order valence-corrected chi connectivity index (χ1v) is 2.86. The number of hydrogen-bond acceptors (Lipinski definition) is 1. The minimum atomic E-state index is 1.16. The lowest BCUT2D eigenvalue weighted by Crippen LogP contribution is -2.13. The predicted octanol–water partition coefficient (Wildman–Crippen LogP) is 0.926. The van der Waals surface area contributed by atoms with Crippen molar-refractivity contribution in [3.63, 3.8) is 0 Å². The van der Waals surface area contributed by atoms with Crippen LogP contribution in [-0.2, 0) is 0 Å². The van der Waals surface area contributed by atoms with Gasteiger partial charge >= 0.3 is 0 Å². The smallest absolute Gasteiger partial charge is 0.00141 e. The Morgan fingerprint density at radius 2 is 1.57 bits per heavy atom. The zero-order chi connectivity index (χ0) is 4.95. The van der Waals surface area contributed by atoms with Gasteiger partial charge in [-0.25, -0.2) is 0 Å². The molecule has 0 spiro atoms. The molecule has 7 heavy (non-hydrogen) atoms. The molecule has 0 amide bonds. The van der Waals surface area contributed by atoms with Crippen LogP contribution in [0.3, 0.4) is 0 Å². The van der Waals surface area contributed by atoms with E-state index in [1.807, 2.05) is 0 Å². The van der Waals surface area contributed by atoms with E-state index in [1.165, 1.54) is 12.8 Å². The number of rotatable bonds is 0. The van der Waals surface area contributed by atoms with Crippen LogP contribution in [0.1, 0.15) is 12.8 Å². The Kier molecular flexibility index (Phi) is 1.94. The molecule has 1 aliphatic rings. The van der Waals surface area contributed by atoms with Crippen LogP contribution >= 0.6 is 0 Å². The molecular formula is C6H11N. The van der Waals surface area contributed by atoms with Crippen molar-refractivity contribution in [2.45, 2.75) is 12.8 Å². The molecular weight excluding hydrogens is 86.1 g/mol. The third-order valence-electron chi connectivity index (χ3n) is 1.14. The van der Waals surface area contributed by atoms with Crippen LogP contribution in [0.4, 0.5) is 0 Å². The summed E-state index contributed by atoms with van der Waals surface area (Å²) in [5.74, 6) is 0. The molecule has 0 aromatic rings. The van der Waals surface area contributed by atoms with Gasteiger partial charge in [0.25, 0.3) is 0 Å². The molecule has 0 fully saturated rings. The summed E-state index contributed by atoms with van der Waals surface area (Å²) in [6.45, 7) is 2.33. The predicted molar refractivity (Wildman–Crippen MR) is 31.2 cm³/mol. The quantitative estimate of drug-likeness (QED) is 0.443. The lowest BCUT2D eigenvalue weighted by molar-refractivity contribution is 0.716. The van der Waals surface area contributed by atoms with Gasteiger partial charge in [0.05, 0.1) is 0 Å². The first kappa shape index (κ1) is 4.85. The lowest BCUT2D eigenvalue weighted by atomic mass is 10.4. The van der Waals surface area contributed by atoms with Gasteiger partial charge in [0, 0.05) is 0 Å². The van der Waals surface area contributed by atoms with E-state index in [1.54, 1.807) is 0 Å². The summed E-state index contributed by atoms with van der Waals surface area (Å²) in [6, 6.07) is 0. The highest BCUT2D eigenvalue weighted by atomic mass is 14.8. The van der Waals surface area contributed by atoms with E-state index in [2.05, 4.69) is 17.5 Å². The molecule has 0 bridgehead atoms. The third-order valence-corrected chi connectivity index (χ3v) is 1.14. The van der Waals surface area contributed by atoms with Crippen molar-refractivity contribution in [3.8, 4) is 0 Å². The summed E-state index contributed by atoms with van der Waals surface area (Å²) in [7, 11) is 0. The molecule has 0 radical (unpaired) electrons. The third kappa shape index (κ3) is 1.74. The van der Waals surface area contributed by atoms with E-state index in [0.717, 1.165) is 13.1 Å². The first-order valence-electron chi connectivity index (χ1n) is 2.86. The van der Waals surface area contributed by atoms with Crippen molar-refractivity contribution in [3.05, 3.63) is 12.2 Å². The molecule has 1 nitrogen and oxygen atoms in total. The van der Waals surface area contributed by atoms with Crippen LogP contribution in [0.2, 0.25) is 0 Å². The van der Waals surface area contributed by atoms with Gasteiger partial charge in [-0.2, -0.15) is 0 Å². The van der Waals surface area contributed by atoms with Gasteiger partial charge in [-0.15, -0.1) is 0 Å². The zero-order valence-electron chi connectivity index (χ0n) is 4.48. The Morgan fingerprint density at radius 3 is 2.14 bits per heavy atom. The summed E-state index contributed by atoms with van der Waals surface area (Å²) in [5.41, 5.74) is 0. The second-order valence-corrected chi connectivity index (χ2v) is 1.80. The Hall–Kier alpha value is -0.300. The molecule has 1 rings (SSSR count). The molecule has 0 aliphatic carbocycles. The normalized spacial score (nSPS) is 21.7. The molecule has 1 heterocycles. The summed E-state index contributed by atoms with van der Waals surface area (Å²) < 4.78 is 0. The van der Waals surface area contributed by atoms with Crippen molar-refractivity contribution in [2.75, 3.05) is 13.1 Å². The van der Waals surface area contributed by atoms with Crippen molar-refractivity contribution in [2.24, 2.45) is 0 Å². The molecule has 1 heteroatoms. The van der Waals surface area contributed by atoms with Crippen LogP contribution in [0.15, 0.2) is 12.2 Å². The van der Waals surface area contributed by atoms with E-state index >= 15 is 0 Å². The summed E-state index contributed by atoms with van der Waals surface area (Å²) in [5, 5.41) is 3.28. The maximum Gasteiger partial charge on any atom is -0.00141 e. The highest BCUT2D eigenvalue weighted by Crippen LogP contribution is 1.89. The van der Waals surface area contributed by atoms with Gasteiger partial charge in [0.15, 0.2) is 0 Å². The van der Waals surface area contributed by atoms with Gasteiger partial charge in [-0.3, -0.25) is 0 Å². The van der Waals surface area contributed by atoms with Gasteiger partial charge < -0.3 is 5.32 Å². The molecule has 0 atom stereocenters. The van der Waals surface area contributed by atoms with Crippen molar-refractivity contribution in [1.82, 2.24) is 5.32 Å². The monoisotopic (exact) mass is 97.1 g/mol. The van der Waals surface area contributed by atoms with Crippen molar-refractivity contribution >= 4 is 0 Å². The van der Waals surface area contributed by atoms with Crippen LogP contribution in [0.5, 0.6) is 0 Å². The van der Waals surface area contributed by atoms with Gasteiger partial charge in [0.1, 0.15) is 0 Å². The van der Waals surface area contributed by atoms with Gasteiger partial charge in [-0.1, -0.05) is 12.2 Å². The molecule has 1 aliphatic heterocycles. The number of nitrogens with one attached hydrogen (secondary N) is 1. The molecule has 40 valence electrons. The molecule has 0 saturated heterocycles. The molecule has 0 saturated carbocycles. The Morgan fingerprint density at radius 1 is 1.00 bits per heavy atom. The van der Waals surface area contributed by atoms with Crippen LogP contribution in [-0.4, -0.2) is 13.1 Å². The Labute approximate surface area is 44.4 Å². The minimum Gasteiger partial charge on any atom is -0.316 e. The second-order valence-electron chi connectivity index (χ2n) is 1.80. The second kappa shape index (κ2) is 2.80. The van der Waals surface area contributed by atoms with E-state index < -0.39 is 0 Å². The molecule has 0 unspecified atom stereocenters. The maximum absolute atomic E-state index is 3.28. The minimum absolute atomic E-state index is 1.16. The van der Waals surface area contributed by atoms with E-state index in [-0.39, 0.29) is 0 Å². The fourth-order valence-electron chi connectivity index (χ4n) is 0.731. The van der Waals surface area contributed by atoms with Crippen LogP contribution < -0.4 is 5.32 Å². The fourth-order valence-corrected chi connectivity index (χ4v) is 0.731. The molecule has 0 aromatic heterocycles. The fraction of sp³-hybridized carbons (Fsp3) is 0.667. The maximum atomic E-state index is 3.28. The van der Waals surface area contributed by atoms with E-state index in [9.17, 15) is 0 Å². The average molecular weight is 97.2 g/mol.